The number of methoxy groups -OCH3 is 1. The molecule has 9 nitrogen and oxygen atoms in total. The maximum absolute atomic E-state index is 13.4. The van der Waals surface area contributed by atoms with Gasteiger partial charge in [-0.2, -0.15) is 0 Å². The van der Waals surface area contributed by atoms with Gasteiger partial charge in [0.25, 0.3) is 0 Å². The molecule has 3 rings (SSSR count). The van der Waals surface area contributed by atoms with Gasteiger partial charge in [0.05, 0.1) is 19.4 Å². The van der Waals surface area contributed by atoms with Crippen LogP contribution >= 0.6 is 11.8 Å². The molecule has 2 aromatic rings. The van der Waals surface area contributed by atoms with Gasteiger partial charge in [0.2, 0.25) is 5.91 Å². The molecule has 0 radical (unpaired) electrons. The average Bonchev–Trinajstić information content (AvgIpc) is 2.84. The summed E-state index contributed by atoms with van der Waals surface area (Å²) in [5.74, 6) is -1.04. The van der Waals surface area contributed by atoms with Crippen LogP contribution in [0.25, 0.3) is 0 Å². The van der Waals surface area contributed by atoms with Crippen LogP contribution in [0.5, 0.6) is 11.5 Å². The number of fused-ring (bicyclic) bond motifs is 1. The molecular weight excluding hydrogens is 484 g/mol. The number of carboxylic acid groups (broad SMARTS) is 2. The lowest BCUT2D eigenvalue weighted by molar-refractivity contribution is -0.134. The van der Waals surface area contributed by atoms with Crippen LogP contribution in [-0.2, 0) is 19.1 Å². The molecule has 0 aliphatic carbocycles. The molecule has 1 aliphatic heterocycles. The number of benzene rings is 2. The second kappa shape index (κ2) is 13.0. The van der Waals surface area contributed by atoms with Gasteiger partial charge in [-0.25, -0.2) is 9.59 Å². The molecule has 0 saturated heterocycles. The third-order valence-corrected chi connectivity index (χ3v) is 6.70. The van der Waals surface area contributed by atoms with E-state index in [1.165, 1.54) is 0 Å². The van der Waals surface area contributed by atoms with Crippen molar-refractivity contribution in [3.63, 3.8) is 0 Å². The van der Waals surface area contributed by atoms with E-state index < -0.39 is 16.7 Å². The van der Waals surface area contributed by atoms with Crippen molar-refractivity contribution in [3.05, 3.63) is 60.2 Å². The van der Waals surface area contributed by atoms with E-state index >= 15 is 0 Å². The van der Waals surface area contributed by atoms with Crippen LogP contribution in [-0.4, -0.2) is 74.4 Å². The molecule has 0 spiro atoms. The van der Waals surface area contributed by atoms with Crippen LogP contribution in [0.15, 0.2) is 59.5 Å². The fourth-order valence-electron chi connectivity index (χ4n) is 3.52. The highest BCUT2D eigenvalue weighted by Crippen LogP contribution is 2.52. The molecule has 2 aromatic carbocycles. The zero-order valence-corrected chi connectivity index (χ0v) is 21.9. The van der Waals surface area contributed by atoms with Crippen LogP contribution in [0.3, 0.4) is 0 Å². The normalized spacial score (nSPS) is 16.8. The van der Waals surface area contributed by atoms with Crippen molar-refractivity contribution in [2.24, 2.45) is 0 Å². The molecule has 0 fully saturated rings. The molecule has 0 saturated carbocycles. The second-order valence-electron chi connectivity index (χ2n) is 8.34. The maximum atomic E-state index is 13.4. The van der Waals surface area contributed by atoms with E-state index in [1.54, 1.807) is 23.8 Å². The summed E-state index contributed by atoms with van der Waals surface area (Å²) in [7, 11) is 7.56. The zero-order valence-electron chi connectivity index (χ0n) is 21.1. The van der Waals surface area contributed by atoms with Gasteiger partial charge in [-0.3, -0.25) is 4.79 Å². The lowest BCUT2D eigenvalue weighted by Crippen LogP contribution is -2.44. The van der Waals surface area contributed by atoms with Crippen LogP contribution < -0.4 is 14.4 Å². The Hall–Kier alpha value is -3.50. The van der Waals surface area contributed by atoms with Gasteiger partial charge in [-0.05, 0) is 57.8 Å². The molecular formula is C26H32N2O7S. The number of thioether (sulfide) groups is 1. The van der Waals surface area contributed by atoms with Crippen molar-refractivity contribution in [3.8, 4) is 11.5 Å². The average molecular weight is 517 g/mol. The molecule has 1 unspecified atom stereocenters. The minimum absolute atomic E-state index is 0.0302. The Kier molecular flexibility index (Phi) is 10.4. The van der Waals surface area contributed by atoms with Gasteiger partial charge in [-0.1, -0.05) is 12.1 Å². The molecule has 1 heterocycles. The van der Waals surface area contributed by atoms with Gasteiger partial charge in [0.15, 0.2) is 0 Å². The van der Waals surface area contributed by atoms with Crippen molar-refractivity contribution < 1.29 is 34.1 Å². The summed E-state index contributed by atoms with van der Waals surface area (Å²) in [4.78, 5) is 37.4. The van der Waals surface area contributed by atoms with Gasteiger partial charge < -0.3 is 29.5 Å². The minimum Gasteiger partial charge on any atom is -0.497 e. The summed E-state index contributed by atoms with van der Waals surface area (Å²) < 4.78 is 10.8. The number of nitrogens with zero attached hydrogens (tertiary/aromatic N) is 2. The Bertz CT molecular complexity index is 1100. The number of aliphatic carboxylic acids is 2. The van der Waals surface area contributed by atoms with E-state index in [1.807, 2.05) is 64.5 Å². The van der Waals surface area contributed by atoms with Crippen LogP contribution in [0.1, 0.15) is 18.9 Å². The smallest absolute Gasteiger partial charge is 0.328 e. The van der Waals surface area contributed by atoms with E-state index in [-0.39, 0.29) is 5.91 Å². The van der Waals surface area contributed by atoms with Crippen molar-refractivity contribution in [1.29, 1.82) is 0 Å². The molecule has 1 atom stereocenters. The van der Waals surface area contributed by atoms with E-state index in [4.69, 9.17) is 19.7 Å². The molecule has 0 aromatic heterocycles. The van der Waals surface area contributed by atoms with Crippen LogP contribution in [0, 0.1) is 0 Å². The summed E-state index contributed by atoms with van der Waals surface area (Å²) in [6, 6.07) is 13.7. The topological polar surface area (TPSA) is 117 Å². The van der Waals surface area contributed by atoms with Gasteiger partial charge in [-0.15, -0.1) is 11.8 Å². The lowest BCUT2D eigenvalue weighted by Gasteiger charge is -2.39. The number of anilines is 1. The number of likely N-dealkylation sites (N-methyl/N-ethyl adjacent to an activating group) is 1. The third-order valence-electron chi connectivity index (χ3n) is 5.33. The Labute approximate surface area is 215 Å². The second-order valence-corrected chi connectivity index (χ2v) is 9.80. The molecule has 1 amide bonds. The summed E-state index contributed by atoms with van der Waals surface area (Å²) in [6.07, 6.45) is 2.03. The van der Waals surface area contributed by atoms with E-state index in [0.717, 1.165) is 34.9 Å². The molecule has 36 heavy (non-hydrogen) atoms. The van der Waals surface area contributed by atoms with E-state index in [0.29, 0.717) is 24.5 Å². The predicted octanol–water partition coefficient (Wildman–Crippen LogP) is 3.72. The number of carbonyl (C=O) groups excluding carboxylic acids is 1. The summed E-state index contributed by atoms with van der Waals surface area (Å²) in [5.41, 5.74) is 1.78. The van der Waals surface area contributed by atoms with Crippen molar-refractivity contribution >= 4 is 35.3 Å². The third kappa shape index (κ3) is 7.50. The fourth-order valence-corrected chi connectivity index (χ4v) is 4.91. The molecule has 194 valence electrons. The van der Waals surface area contributed by atoms with Crippen LogP contribution in [0.4, 0.5) is 5.69 Å². The van der Waals surface area contributed by atoms with Gasteiger partial charge in [0.1, 0.15) is 16.2 Å². The summed E-state index contributed by atoms with van der Waals surface area (Å²) in [5, 5.41) is 15.6. The molecule has 10 heteroatoms. The molecule has 1 aliphatic rings. The molecule has 0 bridgehead atoms. The fraction of sp³-hybridized carbons (Fsp3) is 0.346. The van der Waals surface area contributed by atoms with Crippen molar-refractivity contribution in [1.82, 2.24) is 4.90 Å². The Balaban J connectivity index is 0.000000493. The van der Waals surface area contributed by atoms with Crippen molar-refractivity contribution in [2.45, 2.75) is 23.0 Å². The number of carbonyl (C=O) groups is 3. The predicted molar refractivity (Wildman–Crippen MR) is 139 cm³/mol. The quantitative estimate of drug-likeness (QED) is 0.380. The van der Waals surface area contributed by atoms with Gasteiger partial charge in [0, 0.05) is 36.2 Å². The first kappa shape index (κ1) is 28.7. The zero-order chi connectivity index (χ0) is 26.9. The number of rotatable bonds is 9. The number of ether oxygens (including phenoxy) is 2. The van der Waals surface area contributed by atoms with Gasteiger partial charge >= 0.3 is 11.9 Å². The molecule has 2 N–H and O–H groups in total. The van der Waals surface area contributed by atoms with E-state index in [9.17, 15) is 14.4 Å². The summed E-state index contributed by atoms with van der Waals surface area (Å²) in [6.45, 7) is 3.51. The summed E-state index contributed by atoms with van der Waals surface area (Å²) >= 11 is 1.57. The monoisotopic (exact) mass is 516 g/mol. The lowest BCUT2D eigenvalue weighted by atomic mass is 9.96. The largest absolute Gasteiger partial charge is 0.497 e. The highest BCUT2D eigenvalue weighted by molar-refractivity contribution is 8.01. The first-order valence-corrected chi connectivity index (χ1v) is 12.0. The minimum atomic E-state index is -1.26. The Morgan fingerprint density at radius 2 is 1.75 bits per heavy atom. The maximum Gasteiger partial charge on any atom is 0.328 e. The first-order valence-electron chi connectivity index (χ1n) is 11.2. The number of para-hydroxylation sites is 1. The van der Waals surface area contributed by atoms with Crippen LogP contribution in [0.2, 0.25) is 0 Å². The highest BCUT2D eigenvalue weighted by atomic mass is 32.2. The standard InChI is InChI=1S/C22H28N2O3S.C4H4O4/c1-22(21(25)24(4)18-9-6-7-10-20(18)28-22)17-15-16(26-5)11-12-19(17)27-14-8-13-23(2)3;5-3(6)1-2-4(7)8/h6-7,9-12,15H,8,13-14H2,1-5H3;1-2H,(H,5,6)(H,7,8). The Morgan fingerprint density at radius 1 is 1.11 bits per heavy atom. The van der Waals surface area contributed by atoms with E-state index in [2.05, 4.69) is 11.0 Å². The highest BCUT2D eigenvalue weighted by Gasteiger charge is 2.45. The van der Waals surface area contributed by atoms with Crippen molar-refractivity contribution in [2.75, 3.05) is 46.3 Å². The number of carboxylic acids is 2. The number of hydrogen-bond acceptors (Lipinski definition) is 7. The Morgan fingerprint density at radius 3 is 2.33 bits per heavy atom. The number of hydrogen-bond donors (Lipinski definition) is 2. The SMILES string of the molecule is COc1ccc(OCCCN(C)C)c(C2(C)Sc3ccccc3N(C)C2=O)c1.O=C(O)C=CC(=O)O. The first-order chi connectivity index (χ1) is 17.0. The number of amides is 1.